The summed E-state index contributed by atoms with van der Waals surface area (Å²) >= 11 is 1.70. The van der Waals surface area contributed by atoms with Crippen molar-refractivity contribution in [3.05, 3.63) is 40.6 Å². The highest BCUT2D eigenvalue weighted by Crippen LogP contribution is 2.16. The Bertz CT molecular complexity index is 652. The van der Waals surface area contributed by atoms with Crippen molar-refractivity contribution in [1.29, 1.82) is 0 Å². The highest BCUT2D eigenvalue weighted by atomic mass is 32.1. The van der Waals surface area contributed by atoms with Gasteiger partial charge in [0.05, 0.1) is 10.7 Å². The SMILES string of the molecule is Cc1nc(CN2CCCN(C(=O)C[C@@H](C)n3cccc3)CC2)cs1. The Hall–Kier alpha value is -1.66. The Kier molecular flexibility index (Phi) is 5.68. The van der Waals surface area contributed by atoms with E-state index in [2.05, 4.69) is 26.8 Å². The van der Waals surface area contributed by atoms with Crippen molar-refractivity contribution >= 4 is 17.2 Å². The van der Waals surface area contributed by atoms with Crippen LogP contribution in [0.25, 0.3) is 0 Å². The zero-order chi connectivity index (χ0) is 16.9. The normalized spacial score (nSPS) is 17.7. The lowest BCUT2D eigenvalue weighted by molar-refractivity contribution is -0.131. The van der Waals surface area contributed by atoms with E-state index in [4.69, 9.17) is 0 Å². The summed E-state index contributed by atoms with van der Waals surface area (Å²) in [4.78, 5) is 21.6. The van der Waals surface area contributed by atoms with Crippen molar-refractivity contribution in [2.45, 2.75) is 39.3 Å². The molecule has 0 unspecified atom stereocenters. The van der Waals surface area contributed by atoms with Crippen LogP contribution in [0.2, 0.25) is 0 Å². The minimum atomic E-state index is 0.213. The Labute approximate surface area is 147 Å². The number of hydrogen-bond donors (Lipinski definition) is 0. The van der Waals surface area contributed by atoms with Gasteiger partial charge in [-0.25, -0.2) is 4.98 Å². The molecule has 2 aromatic rings. The summed E-state index contributed by atoms with van der Waals surface area (Å²) in [6, 6.07) is 4.22. The van der Waals surface area contributed by atoms with E-state index in [1.165, 1.54) is 0 Å². The van der Waals surface area contributed by atoms with Crippen LogP contribution in [0, 0.1) is 6.92 Å². The van der Waals surface area contributed by atoms with Gasteiger partial charge in [0.25, 0.3) is 0 Å². The predicted octanol–water partition coefficient (Wildman–Crippen LogP) is 2.94. The minimum Gasteiger partial charge on any atom is -0.351 e. The Morgan fingerprint density at radius 1 is 1.25 bits per heavy atom. The molecule has 0 bridgehead atoms. The summed E-state index contributed by atoms with van der Waals surface area (Å²) in [7, 11) is 0. The maximum Gasteiger partial charge on any atom is 0.224 e. The summed E-state index contributed by atoms with van der Waals surface area (Å²) in [6.45, 7) is 8.69. The van der Waals surface area contributed by atoms with Crippen LogP contribution in [-0.2, 0) is 11.3 Å². The standard InChI is InChI=1S/C18H26N4OS/c1-15(21-7-3-4-8-21)12-18(23)22-9-5-6-20(10-11-22)13-17-14-24-16(2)19-17/h3-4,7-8,14-15H,5-6,9-13H2,1-2H3/t15-/m1/s1. The molecule has 3 rings (SSSR count). The number of hydrogen-bond acceptors (Lipinski definition) is 4. The second-order valence-corrected chi connectivity index (χ2v) is 7.61. The quantitative estimate of drug-likeness (QED) is 0.836. The van der Waals surface area contributed by atoms with Gasteiger partial charge in [-0.05, 0) is 32.4 Å². The molecule has 0 saturated carbocycles. The molecule has 130 valence electrons. The predicted molar refractivity (Wildman–Crippen MR) is 97.1 cm³/mol. The summed E-state index contributed by atoms with van der Waals surface area (Å²) < 4.78 is 2.10. The van der Waals surface area contributed by atoms with E-state index in [0.29, 0.717) is 6.42 Å². The molecule has 1 aliphatic rings. The molecule has 24 heavy (non-hydrogen) atoms. The van der Waals surface area contributed by atoms with Crippen LogP contribution in [-0.4, -0.2) is 51.4 Å². The lowest BCUT2D eigenvalue weighted by atomic mass is 10.2. The van der Waals surface area contributed by atoms with Crippen LogP contribution >= 0.6 is 11.3 Å². The maximum atomic E-state index is 12.6. The molecule has 1 aliphatic heterocycles. The molecule has 1 atom stereocenters. The number of rotatable bonds is 5. The number of aryl methyl sites for hydroxylation is 1. The van der Waals surface area contributed by atoms with Crippen molar-refractivity contribution in [2.24, 2.45) is 0 Å². The largest absolute Gasteiger partial charge is 0.351 e. The molecule has 0 aromatic carbocycles. The summed E-state index contributed by atoms with van der Waals surface area (Å²) in [5.74, 6) is 0.266. The third-order valence-corrected chi connectivity index (χ3v) is 5.42. The second-order valence-electron chi connectivity index (χ2n) is 6.55. The Balaban J connectivity index is 1.50. The smallest absolute Gasteiger partial charge is 0.224 e. The van der Waals surface area contributed by atoms with Gasteiger partial charge < -0.3 is 9.47 Å². The van der Waals surface area contributed by atoms with Crippen molar-refractivity contribution in [1.82, 2.24) is 19.4 Å². The minimum absolute atomic E-state index is 0.213. The van der Waals surface area contributed by atoms with Gasteiger partial charge in [0.1, 0.15) is 0 Å². The molecule has 0 aliphatic carbocycles. The first kappa shape index (κ1) is 17.2. The molecule has 1 fully saturated rings. The summed E-state index contributed by atoms with van der Waals surface area (Å²) in [5.41, 5.74) is 1.15. The van der Waals surface area contributed by atoms with Crippen LogP contribution in [0.3, 0.4) is 0 Å². The zero-order valence-corrected chi connectivity index (χ0v) is 15.3. The first-order valence-corrected chi connectivity index (χ1v) is 9.53. The number of amides is 1. The second kappa shape index (κ2) is 7.94. The fourth-order valence-electron chi connectivity index (χ4n) is 3.22. The van der Waals surface area contributed by atoms with E-state index in [0.717, 1.165) is 49.8 Å². The van der Waals surface area contributed by atoms with Crippen LogP contribution in [0.5, 0.6) is 0 Å². The fraction of sp³-hybridized carbons (Fsp3) is 0.556. The van der Waals surface area contributed by atoms with Crippen molar-refractivity contribution in [3.63, 3.8) is 0 Å². The molecular weight excluding hydrogens is 320 g/mol. The van der Waals surface area contributed by atoms with Gasteiger partial charge in [0.2, 0.25) is 5.91 Å². The van der Waals surface area contributed by atoms with Gasteiger partial charge in [-0.3, -0.25) is 9.69 Å². The van der Waals surface area contributed by atoms with Crippen molar-refractivity contribution < 1.29 is 4.79 Å². The van der Waals surface area contributed by atoms with Crippen LogP contribution in [0.15, 0.2) is 29.9 Å². The highest BCUT2D eigenvalue weighted by Gasteiger charge is 2.21. The molecule has 0 N–H and O–H groups in total. The van der Waals surface area contributed by atoms with Crippen molar-refractivity contribution in [2.75, 3.05) is 26.2 Å². The van der Waals surface area contributed by atoms with Gasteiger partial charge in [-0.2, -0.15) is 0 Å². The molecule has 1 amide bonds. The van der Waals surface area contributed by atoms with Gasteiger partial charge in [-0.1, -0.05) is 0 Å². The van der Waals surface area contributed by atoms with E-state index in [9.17, 15) is 4.79 Å². The first-order valence-electron chi connectivity index (χ1n) is 8.65. The third kappa shape index (κ3) is 4.45. The molecule has 5 nitrogen and oxygen atoms in total. The molecule has 6 heteroatoms. The number of carbonyl (C=O) groups is 1. The Morgan fingerprint density at radius 3 is 2.75 bits per heavy atom. The number of thiazole rings is 1. The molecular formula is C18H26N4OS. The van der Waals surface area contributed by atoms with E-state index in [1.54, 1.807) is 11.3 Å². The van der Waals surface area contributed by atoms with Crippen LogP contribution < -0.4 is 0 Å². The molecule has 1 saturated heterocycles. The van der Waals surface area contributed by atoms with Gasteiger partial charge in [0, 0.05) is 63.0 Å². The number of carbonyl (C=O) groups excluding carboxylic acids is 1. The molecule has 0 spiro atoms. The highest BCUT2D eigenvalue weighted by molar-refractivity contribution is 7.09. The van der Waals surface area contributed by atoms with E-state index < -0.39 is 0 Å². The van der Waals surface area contributed by atoms with E-state index in [1.807, 2.05) is 36.4 Å². The molecule has 2 aromatic heterocycles. The zero-order valence-electron chi connectivity index (χ0n) is 14.5. The topological polar surface area (TPSA) is 41.4 Å². The average molecular weight is 347 g/mol. The van der Waals surface area contributed by atoms with Crippen LogP contribution in [0.4, 0.5) is 0 Å². The average Bonchev–Trinajstić information content (AvgIpc) is 3.16. The third-order valence-electron chi connectivity index (χ3n) is 4.60. The van der Waals surface area contributed by atoms with Crippen LogP contribution in [0.1, 0.15) is 36.5 Å². The lowest BCUT2D eigenvalue weighted by Gasteiger charge is -2.23. The number of nitrogens with zero attached hydrogens (tertiary/aromatic N) is 4. The molecule has 3 heterocycles. The summed E-state index contributed by atoms with van der Waals surface area (Å²) in [6.07, 6.45) is 5.66. The monoisotopic (exact) mass is 346 g/mol. The van der Waals surface area contributed by atoms with Crippen molar-refractivity contribution in [3.8, 4) is 0 Å². The van der Waals surface area contributed by atoms with E-state index in [-0.39, 0.29) is 11.9 Å². The van der Waals surface area contributed by atoms with Gasteiger partial charge in [-0.15, -0.1) is 11.3 Å². The summed E-state index contributed by atoms with van der Waals surface area (Å²) in [5, 5.41) is 3.26. The first-order chi connectivity index (χ1) is 11.6. The lowest BCUT2D eigenvalue weighted by Crippen LogP contribution is -2.36. The number of aromatic nitrogens is 2. The van der Waals surface area contributed by atoms with Gasteiger partial charge >= 0.3 is 0 Å². The maximum absolute atomic E-state index is 12.6. The fourth-order valence-corrected chi connectivity index (χ4v) is 3.82. The van der Waals surface area contributed by atoms with E-state index >= 15 is 0 Å². The molecule has 0 radical (unpaired) electrons. The Morgan fingerprint density at radius 2 is 2.04 bits per heavy atom. The van der Waals surface area contributed by atoms with Gasteiger partial charge in [0.15, 0.2) is 0 Å².